The largest absolute Gasteiger partial charge is 0.365 e. The lowest BCUT2D eigenvalue weighted by Gasteiger charge is -2.30. The van der Waals surface area contributed by atoms with Crippen LogP contribution < -0.4 is 27.4 Å². The molecule has 0 aromatic carbocycles. The number of carbonyl (C=O) groups is 2. The van der Waals surface area contributed by atoms with Crippen molar-refractivity contribution in [2.45, 2.75) is 37.8 Å². The van der Waals surface area contributed by atoms with Gasteiger partial charge in [-0.25, -0.2) is 9.37 Å². The van der Waals surface area contributed by atoms with E-state index < -0.39 is 11.7 Å². The highest BCUT2D eigenvalue weighted by molar-refractivity contribution is 6.04. The molecule has 0 radical (unpaired) electrons. The van der Waals surface area contributed by atoms with E-state index in [1.807, 2.05) is 0 Å². The normalized spacial score (nSPS) is 17.6. The van der Waals surface area contributed by atoms with Crippen molar-refractivity contribution in [3.63, 3.8) is 0 Å². The Morgan fingerprint density at radius 2 is 1.74 bits per heavy atom. The molecule has 2 amide bonds. The van der Waals surface area contributed by atoms with Gasteiger partial charge in [-0.15, -0.1) is 0 Å². The molecule has 3 heterocycles. The molecule has 4 rings (SSSR count). The van der Waals surface area contributed by atoms with Crippen LogP contribution in [0.2, 0.25) is 0 Å². The number of aromatic nitrogens is 3. The number of primary amides is 1. The fraction of sp³-hybridized carbons (Fsp3) is 0.261. The van der Waals surface area contributed by atoms with Crippen LogP contribution in [0.25, 0.3) is 0 Å². The first-order valence-electron chi connectivity index (χ1n) is 10.9. The van der Waals surface area contributed by atoms with Gasteiger partial charge in [0.15, 0.2) is 11.6 Å². The number of anilines is 4. The molecule has 7 N–H and O–H groups in total. The van der Waals surface area contributed by atoms with Crippen molar-refractivity contribution in [3.05, 3.63) is 66.0 Å². The Morgan fingerprint density at radius 3 is 2.47 bits per heavy atom. The Morgan fingerprint density at radius 1 is 1.00 bits per heavy atom. The summed E-state index contributed by atoms with van der Waals surface area (Å²) in [7, 11) is 0. The first-order chi connectivity index (χ1) is 16.4. The van der Waals surface area contributed by atoms with Gasteiger partial charge in [-0.05, 0) is 37.1 Å². The third-order valence-electron chi connectivity index (χ3n) is 5.58. The van der Waals surface area contributed by atoms with Crippen LogP contribution >= 0.6 is 0 Å². The summed E-state index contributed by atoms with van der Waals surface area (Å²) >= 11 is 0. The standard InChI is InChI=1S/C23H25FN8O2/c24-17-10-16(20(26)33)21(32-22(17)31-19-4-2-1-3-18(19)25)29-14-9-15(12-28-11-14)30-23(34)13-5-7-27-8-6-13/h5-12,18-19H,1-4,25H2,(H2,26,33)(H,30,34)(H2,29,31,32). The van der Waals surface area contributed by atoms with Gasteiger partial charge in [0.1, 0.15) is 5.82 Å². The number of hydrogen-bond donors (Lipinski definition) is 5. The number of nitrogens with two attached hydrogens (primary N) is 2. The molecule has 3 aromatic heterocycles. The summed E-state index contributed by atoms with van der Waals surface area (Å²) in [5.41, 5.74) is 12.7. The van der Waals surface area contributed by atoms with E-state index in [1.165, 1.54) is 24.8 Å². The predicted molar refractivity (Wildman–Crippen MR) is 126 cm³/mol. The minimum Gasteiger partial charge on any atom is -0.365 e. The second-order valence-electron chi connectivity index (χ2n) is 8.06. The fourth-order valence-corrected chi connectivity index (χ4v) is 3.81. The van der Waals surface area contributed by atoms with E-state index in [9.17, 15) is 14.0 Å². The first-order valence-corrected chi connectivity index (χ1v) is 10.9. The molecule has 1 aliphatic rings. The summed E-state index contributed by atoms with van der Waals surface area (Å²) in [6, 6.07) is 5.56. The van der Waals surface area contributed by atoms with E-state index in [-0.39, 0.29) is 35.2 Å². The molecular weight excluding hydrogens is 439 g/mol. The maximum atomic E-state index is 14.7. The highest BCUT2D eigenvalue weighted by Gasteiger charge is 2.24. The van der Waals surface area contributed by atoms with Gasteiger partial charge in [-0.1, -0.05) is 12.8 Å². The van der Waals surface area contributed by atoms with Crippen molar-refractivity contribution in [3.8, 4) is 0 Å². The minimum absolute atomic E-state index is 0.0232. The van der Waals surface area contributed by atoms with Crippen LogP contribution in [0, 0.1) is 5.82 Å². The van der Waals surface area contributed by atoms with Gasteiger partial charge in [-0.2, -0.15) is 0 Å². The van der Waals surface area contributed by atoms with Crippen LogP contribution in [0.1, 0.15) is 46.4 Å². The molecule has 0 spiro atoms. The van der Waals surface area contributed by atoms with Crippen LogP contribution in [-0.2, 0) is 0 Å². The maximum Gasteiger partial charge on any atom is 0.255 e. The van der Waals surface area contributed by atoms with E-state index in [2.05, 4.69) is 30.9 Å². The molecule has 34 heavy (non-hydrogen) atoms. The van der Waals surface area contributed by atoms with E-state index in [0.29, 0.717) is 16.9 Å². The van der Waals surface area contributed by atoms with E-state index >= 15 is 0 Å². The smallest absolute Gasteiger partial charge is 0.255 e. The molecule has 1 aliphatic carbocycles. The number of carbonyl (C=O) groups excluding carboxylic acids is 2. The lowest BCUT2D eigenvalue weighted by molar-refractivity contribution is 0.0997. The zero-order valence-corrected chi connectivity index (χ0v) is 18.3. The Kier molecular flexibility index (Phi) is 6.93. The van der Waals surface area contributed by atoms with Crippen molar-refractivity contribution in [2.75, 3.05) is 16.0 Å². The Balaban J connectivity index is 1.57. The molecule has 10 nitrogen and oxygen atoms in total. The number of nitrogens with zero attached hydrogens (tertiary/aromatic N) is 3. The van der Waals surface area contributed by atoms with Crippen molar-refractivity contribution in [2.24, 2.45) is 11.5 Å². The van der Waals surface area contributed by atoms with Crippen molar-refractivity contribution >= 4 is 34.8 Å². The SMILES string of the molecule is NC(=O)c1cc(F)c(NC2CCCCC2N)nc1Nc1cncc(NC(=O)c2ccncc2)c1. The van der Waals surface area contributed by atoms with Crippen LogP contribution in [0.15, 0.2) is 49.1 Å². The molecule has 0 saturated heterocycles. The van der Waals surface area contributed by atoms with Crippen molar-refractivity contribution in [1.82, 2.24) is 15.0 Å². The third kappa shape index (κ3) is 5.44. The van der Waals surface area contributed by atoms with Crippen LogP contribution in [0.4, 0.5) is 27.4 Å². The van der Waals surface area contributed by atoms with Crippen molar-refractivity contribution in [1.29, 1.82) is 0 Å². The Labute approximate surface area is 195 Å². The number of rotatable bonds is 7. The van der Waals surface area contributed by atoms with E-state index in [0.717, 1.165) is 31.7 Å². The summed E-state index contributed by atoms with van der Waals surface area (Å²) in [4.78, 5) is 36.6. The number of amides is 2. The van der Waals surface area contributed by atoms with Gasteiger partial charge >= 0.3 is 0 Å². The van der Waals surface area contributed by atoms with E-state index in [1.54, 1.807) is 18.2 Å². The molecule has 1 fully saturated rings. The zero-order chi connectivity index (χ0) is 24.1. The molecule has 176 valence electrons. The quantitative estimate of drug-likeness (QED) is 0.357. The van der Waals surface area contributed by atoms with Gasteiger partial charge in [0.25, 0.3) is 11.8 Å². The number of nitrogens with one attached hydrogen (secondary N) is 3. The predicted octanol–water partition coefficient (Wildman–Crippen LogP) is 2.79. The number of pyridine rings is 3. The van der Waals surface area contributed by atoms with Gasteiger partial charge in [0.05, 0.1) is 29.3 Å². The molecule has 0 aliphatic heterocycles. The maximum absolute atomic E-state index is 14.7. The van der Waals surface area contributed by atoms with Gasteiger partial charge in [0.2, 0.25) is 0 Å². The highest BCUT2D eigenvalue weighted by Crippen LogP contribution is 2.27. The molecule has 1 saturated carbocycles. The Hall–Kier alpha value is -4.12. The van der Waals surface area contributed by atoms with Crippen LogP contribution in [-0.4, -0.2) is 38.8 Å². The molecular formula is C23H25FN8O2. The summed E-state index contributed by atoms with van der Waals surface area (Å²) < 4.78 is 14.7. The van der Waals surface area contributed by atoms with Crippen LogP contribution in [0.3, 0.4) is 0 Å². The van der Waals surface area contributed by atoms with Gasteiger partial charge in [0, 0.05) is 30.0 Å². The second kappa shape index (κ2) is 10.2. The van der Waals surface area contributed by atoms with Crippen molar-refractivity contribution < 1.29 is 14.0 Å². The number of hydrogen-bond acceptors (Lipinski definition) is 8. The topological polar surface area (TPSA) is 161 Å². The lowest BCUT2D eigenvalue weighted by atomic mass is 9.91. The average Bonchev–Trinajstić information content (AvgIpc) is 2.83. The summed E-state index contributed by atoms with van der Waals surface area (Å²) in [6.07, 6.45) is 9.63. The molecule has 3 aromatic rings. The Bertz CT molecular complexity index is 1190. The summed E-state index contributed by atoms with van der Waals surface area (Å²) in [5, 5.41) is 8.75. The summed E-state index contributed by atoms with van der Waals surface area (Å²) in [5.74, 6) is -1.85. The van der Waals surface area contributed by atoms with E-state index in [4.69, 9.17) is 11.5 Å². The molecule has 2 unspecified atom stereocenters. The third-order valence-corrected chi connectivity index (χ3v) is 5.58. The fourth-order valence-electron chi connectivity index (χ4n) is 3.81. The average molecular weight is 465 g/mol. The van der Waals surface area contributed by atoms with Gasteiger partial charge < -0.3 is 27.4 Å². The molecule has 11 heteroatoms. The zero-order valence-electron chi connectivity index (χ0n) is 18.3. The lowest BCUT2D eigenvalue weighted by Crippen LogP contribution is -2.43. The van der Waals surface area contributed by atoms with Gasteiger partial charge in [-0.3, -0.25) is 19.6 Å². The second-order valence-corrected chi connectivity index (χ2v) is 8.06. The monoisotopic (exact) mass is 464 g/mol. The molecule has 0 bridgehead atoms. The summed E-state index contributed by atoms with van der Waals surface area (Å²) in [6.45, 7) is 0. The first kappa shape index (κ1) is 23.1. The minimum atomic E-state index is -0.843. The number of halogens is 1. The highest BCUT2D eigenvalue weighted by atomic mass is 19.1. The van der Waals surface area contributed by atoms with Crippen LogP contribution in [0.5, 0.6) is 0 Å². The molecule has 2 atom stereocenters.